The van der Waals surface area contributed by atoms with Crippen molar-refractivity contribution in [3.8, 4) is 0 Å². The fourth-order valence-corrected chi connectivity index (χ4v) is 2.48. The summed E-state index contributed by atoms with van der Waals surface area (Å²) in [5, 5.41) is 3.38. The lowest BCUT2D eigenvalue weighted by atomic mass is 10.2. The van der Waals surface area contributed by atoms with E-state index in [1.165, 1.54) is 0 Å². The number of benzene rings is 2. The molecule has 0 fully saturated rings. The molecule has 2 nitrogen and oxygen atoms in total. The Balaban J connectivity index is 2.08. The standard InChI is InChI=1S/C14H10Cl2N2/c15-11-5-6-14(12(16)7-11)18-8-10-3-1-2-4-13(10)17-9-18/h1-8H,9H2. The van der Waals surface area contributed by atoms with Crippen molar-refractivity contribution in [3.05, 3.63) is 63.1 Å². The summed E-state index contributed by atoms with van der Waals surface area (Å²) in [6, 6.07) is 13.5. The minimum Gasteiger partial charge on any atom is -0.326 e. The summed E-state index contributed by atoms with van der Waals surface area (Å²) in [6.45, 7) is 0.568. The Morgan fingerprint density at radius 2 is 1.89 bits per heavy atom. The molecular formula is C14H10Cl2N2. The third kappa shape index (κ3) is 2.09. The number of para-hydroxylation sites is 1. The molecule has 4 heteroatoms. The summed E-state index contributed by atoms with van der Waals surface area (Å²) < 4.78 is 0. The number of hydrogen-bond acceptors (Lipinski definition) is 2. The van der Waals surface area contributed by atoms with E-state index in [1.54, 1.807) is 6.07 Å². The van der Waals surface area contributed by atoms with Gasteiger partial charge in [-0.1, -0.05) is 41.4 Å². The molecule has 1 aliphatic heterocycles. The van der Waals surface area contributed by atoms with Gasteiger partial charge in [0, 0.05) is 16.4 Å². The van der Waals surface area contributed by atoms with Gasteiger partial charge >= 0.3 is 0 Å². The number of halogens is 2. The van der Waals surface area contributed by atoms with Crippen molar-refractivity contribution >= 4 is 35.1 Å². The lowest BCUT2D eigenvalue weighted by molar-refractivity contribution is 0.939. The molecule has 0 aromatic heterocycles. The maximum absolute atomic E-state index is 6.20. The highest BCUT2D eigenvalue weighted by atomic mass is 35.5. The summed E-state index contributed by atoms with van der Waals surface area (Å²) in [4.78, 5) is 6.53. The normalized spacial score (nSPS) is 13.6. The first-order chi connectivity index (χ1) is 8.74. The maximum atomic E-state index is 6.20. The quantitative estimate of drug-likeness (QED) is 0.782. The zero-order valence-electron chi connectivity index (χ0n) is 9.48. The van der Waals surface area contributed by atoms with Gasteiger partial charge in [0.2, 0.25) is 0 Å². The van der Waals surface area contributed by atoms with Crippen LogP contribution in [0.1, 0.15) is 0 Å². The van der Waals surface area contributed by atoms with Gasteiger partial charge in [0.25, 0.3) is 0 Å². The first-order valence-electron chi connectivity index (χ1n) is 5.57. The van der Waals surface area contributed by atoms with Crippen LogP contribution in [0.25, 0.3) is 6.20 Å². The molecule has 0 saturated heterocycles. The van der Waals surface area contributed by atoms with Crippen molar-refractivity contribution in [2.24, 2.45) is 4.99 Å². The van der Waals surface area contributed by atoms with E-state index in [-0.39, 0.29) is 0 Å². The van der Waals surface area contributed by atoms with Crippen LogP contribution in [0.2, 0.25) is 10.0 Å². The highest BCUT2D eigenvalue weighted by Crippen LogP contribution is 2.29. The molecule has 0 radical (unpaired) electrons. The fraction of sp³-hybridized carbons (Fsp3) is 0.0714. The van der Waals surface area contributed by atoms with Crippen LogP contribution in [0.4, 0.5) is 5.69 Å². The average Bonchev–Trinajstić information content (AvgIpc) is 2.38. The highest BCUT2D eigenvalue weighted by molar-refractivity contribution is 6.36. The van der Waals surface area contributed by atoms with Crippen LogP contribution >= 0.6 is 23.2 Å². The van der Waals surface area contributed by atoms with Gasteiger partial charge in [-0.3, -0.25) is 4.99 Å². The molecule has 2 aromatic carbocycles. The summed E-state index contributed by atoms with van der Waals surface area (Å²) in [5.41, 5.74) is 0.916. The smallest absolute Gasteiger partial charge is 0.115 e. The molecule has 0 atom stereocenters. The summed E-state index contributed by atoms with van der Waals surface area (Å²) in [7, 11) is 0. The molecular weight excluding hydrogens is 267 g/mol. The molecule has 0 amide bonds. The summed E-state index contributed by atoms with van der Waals surface area (Å²) in [5.74, 6) is 0. The molecule has 18 heavy (non-hydrogen) atoms. The molecule has 2 aromatic rings. The molecule has 0 unspecified atom stereocenters. The third-order valence-corrected chi connectivity index (χ3v) is 3.38. The summed E-state index contributed by atoms with van der Waals surface area (Å²) >= 11 is 12.1. The van der Waals surface area contributed by atoms with Crippen LogP contribution in [0.5, 0.6) is 0 Å². The van der Waals surface area contributed by atoms with Gasteiger partial charge < -0.3 is 4.90 Å². The molecule has 0 saturated carbocycles. The SMILES string of the molecule is Clc1ccc(N2C=c3ccccc3=NC2)c(Cl)c1. The number of fused-ring (bicyclic) bond motifs is 1. The third-order valence-electron chi connectivity index (χ3n) is 2.84. The first-order valence-corrected chi connectivity index (χ1v) is 6.33. The summed E-state index contributed by atoms with van der Waals surface area (Å²) in [6.07, 6.45) is 2.05. The van der Waals surface area contributed by atoms with Crippen molar-refractivity contribution in [2.45, 2.75) is 0 Å². The zero-order valence-corrected chi connectivity index (χ0v) is 11.0. The molecule has 0 aliphatic carbocycles. The Morgan fingerprint density at radius 3 is 2.72 bits per heavy atom. The van der Waals surface area contributed by atoms with Gasteiger partial charge in [0.05, 0.1) is 16.1 Å². The van der Waals surface area contributed by atoms with Gasteiger partial charge in [0.1, 0.15) is 6.67 Å². The lowest BCUT2D eigenvalue weighted by Crippen LogP contribution is -2.35. The maximum Gasteiger partial charge on any atom is 0.115 e. The molecule has 0 N–H and O–H groups in total. The van der Waals surface area contributed by atoms with E-state index in [1.807, 2.05) is 41.3 Å². The van der Waals surface area contributed by atoms with Crippen LogP contribution in [0.15, 0.2) is 47.5 Å². The molecule has 90 valence electrons. The minimum atomic E-state index is 0.568. The Bertz CT molecular complexity index is 710. The van der Waals surface area contributed by atoms with Crippen molar-refractivity contribution < 1.29 is 0 Å². The predicted octanol–water partition coefficient (Wildman–Crippen LogP) is 2.83. The topological polar surface area (TPSA) is 15.6 Å². The van der Waals surface area contributed by atoms with E-state index >= 15 is 0 Å². The van der Waals surface area contributed by atoms with Crippen molar-refractivity contribution in [3.63, 3.8) is 0 Å². The van der Waals surface area contributed by atoms with Crippen LogP contribution in [0.3, 0.4) is 0 Å². The highest BCUT2D eigenvalue weighted by Gasteiger charge is 2.10. The van der Waals surface area contributed by atoms with Gasteiger partial charge in [0.15, 0.2) is 0 Å². The predicted molar refractivity (Wildman–Crippen MR) is 75.5 cm³/mol. The lowest BCUT2D eigenvalue weighted by Gasteiger charge is -2.21. The second kappa shape index (κ2) is 4.63. The molecule has 1 aliphatic rings. The van der Waals surface area contributed by atoms with E-state index in [0.717, 1.165) is 16.3 Å². The number of nitrogens with zero attached hydrogens (tertiary/aromatic N) is 2. The molecule has 3 rings (SSSR count). The van der Waals surface area contributed by atoms with Gasteiger partial charge in [-0.2, -0.15) is 0 Å². The Hall–Kier alpha value is -1.51. The van der Waals surface area contributed by atoms with E-state index in [9.17, 15) is 0 Å². The number of rotatable bonds is 1. The Morgan fingerprint density at radius 1 is 1.06 bits per heavy atom. The van der Waals surface area contributed by atoms with E-state index < -0.39 is 0 Å². The zero-order chi connectivity index (χ0) is 12.5. The molecule has 1 heterocycles. The van der Waals surface area contributed by atoms with E-state index in [2.05, 4.69) is 11.2 Å². The molecule has 0 bridgehead atoms. The number of anilines is 1. The van der Waals surface area contributed by atoms with Crippen LogP contribution < -0.4 is 15.5 Å². The number of hydrogen-bond donors (Lipinski definition) is 0. The van der Waals surface area contributed by atoms with Crippen molar-refractivity contribution in [1.82, 2.24) is 0 Å². The molecule has 0 spiro atoms. The second-order valence-corrected chi connectivity index (χ2v) is 4.90. The minimum absolute atomic E-state index is 0.568. The van der Waals surface area contributed by atoms with Crippen LogP contribution in [-0.4, -0.2) is 6.67 Å². The van der Waals surface area contributed by atoms with Crippen molar-refractivity contribution in [2.75, 3.05) is 11.6 Å². The van der Waals surface area contributed by atoms with E-state index in [4.69, 9.17) is 23.2 Å². The van der Waals surface area contributed by atoms with Crippen molar-refractivity contribution in [1.29, 1.82) is 0 Å². The Kier molecular flexibility index (Phi) is 2.98. The Labute approximate surface area is 115 Å². The average molecular weight is 277 g/mol. The monoisotopic (exact) mass is 276 g/mol. The van der Waals surface area contributed by atoms with Gasteiger partial charge in [-0.05, 0) is 24.3 Å². The van der Waals surface area contributed by atoms with E-state index in [0.29, 0.717) is 16.7 Å². The van der Waals surface area contributed by atoms with Crippen LogP contribution in [0, 0.1) is 0 Å². The first kappa shape index (κ1) is 11.6. The largest absolute Gasteiger partial charge is 0.326 e. The fourth-order valence-electron chi connectivity index (χ4n) is 1.96. The van der Waals surface area contributed by atoms with Gasteiger partial charge in [-0.25, -0.2) is 0 Å². The van der Waals surface area contributed by atoms with Gasteiger partial charge in [-0.15, -0.1) is 0 Å². The van der Waals surface area contributed by atoms with Crippen LogP contribution in [-0.2, 0) is 0 Å². The second-order valence-electron chi connectivity index (χ2n) is 4.05.